The van der Waals surface area contributed by atoms with Crippen LogP contribution in [0.4, 0.5) is 0 Å². The van der Waals surface area contributed by atoms with Gasteiger partial charge in [0.2, 0.25) is 0 Å². The Balaban J connectivity index is 2.34. The van der Waals surface area contributed by atoms with Crippen molar-refractivity contribution in [2.24, 2.45) is 0 Å². The quantitative estimate of drug-likeness (QED) is 0.826. The van der Waals surface area contributed by atoms with Gasteiger partial charge in [-0.15, -0.1) is 0 Å². The molecule has 0 unspecified atom stereocenters. The molecule has 2 aromatic rings. The second-order valence-electron chi connectivity index (χ2n) is 3.97. The number of rotatable bonds is 5. The van der Waals surface area contributed by atoms with Gasteiger partial charge in [0, 0.05) is 10.9 Å². The molecule has 2 rings (SSSR count). The summed E-state index contributed by atoms with van der Waals surface area (Å²) in [5, 5.41) is 0.911. The number of hydrogen-bond donors (Lipinski definition) is 1. The minimum atomic E-state index is -0.338. The Morgan fingerprint density at radius 1 is 1.33 bits per heavy atom. The van der Waals surface area contributed by atoms with Crippen LogP contribution in [0.2, 0.25) is 0 Å². The Kier molecular flexibility index (Phi) is 3.87. The maximum atomic E-state index is 11.6. The van der Waals surface area contributed by atoms with Gasteiger partial charge in [0.1, 0.15) is 11.4 Å². The van der Waals surface area contributed by atoms with E-state index in [-0.39, 0.29) is 5.97 Å². The van der Waals surface area contributed by atoms with Gasteiger partial charge >= 0.3 is 5.97 Å². The van der Waals surface area contributed by atoms with Crippen LogP contribution < -0.4 is 4.74 Å². The van der Waals surface area contributed by atoms with E-state index in [9.17, 15) is 4.79 Å². The zero-order chi connectivity index (χ0) is 13.0. The fourth-order valence-corrected chi connectivity index (χ4v) is 1.78. The average Bonchev–Trinajstić information content (AvgIpc) is 2.81. The van der Waals surface area contributed by atoms with Gasteiger partial charge in [0.15, 0.2) is 0 Å². The summed E-state index contributed by atoms with van der Waals surface area (Å²) in [5.41, 5.74) is 1.34. The highest BCUT2D eigenvalue weighted by Crippen LogP contribution is 2.26. The summed E-state index contributed by atoms with van der Waals surface area (Å²) in [4.78, 5) is 14.7. The first-order valence-corrected chi connectivity index (χ1v) is 6.18. The molecular formula is C14H17NO3. The molecule has 0 aliphatic carbocycles. The van der Waals surface area contributed by atoms with Crippen molar-refractivity contribution in [3.8, 4) is 5.75 Å². The van der Waals surface area contributed by atoms with Gasteiger partial charge in [0.25, 0.3) is 0 Å². The number of nitrogens with one attached hydrogen (secondary N) is 1. The number of esters is 1. The molecule has 1 heterocycles. The molecule has 0 aliphatic rings. The van der Waals surface area contributed by atoms with E-state index in [1.807, 2.05) is 18.2 Å². The number of aromatic amines is 1. The Bertz CT molecular complexity index is 545. The number of aromatic nitrogens is 1. The number of benzene rings is 1. The van der Waals surface area contributed by atoms with Crippen LogP contribution in [-0.2, 0) is 4.74 Å². The first kappa shape index (κ1) is 12.5. The number of H-pyrrole nitrogens is 1. The van der Waals surface area contributed by atoms with Gasteiger partial charge in [-0.3, -0.25) is 0 Å². The highest BCUT2D eigenvalue weighted by Gasteiger charge is 2.12. The summed E-state index contributed by atoms with van der Waals surface area (Å²) < 4.78 is 10.6. The predicted molar refractivity (Wildman–Crippen MR) is 70.0 cm³/mol. The van der Waals surface area contributed by atoms with Crippen LogP contribution in [0.3, 0.4) is 0 Å². The molecule has 4 heteroatoms. The molecule has 0 fully saturated rings. The van der Waals surface area contributed by atoms with Gasteiger partial charge < -0.3 is 14.5 Å². The lowest BCUT2D eigenvalue weighted by atomic mass is 10.2. The second-order valence-corrected chi connectivity index (χ2v) is 3.97. The number of hydrogen-bond acceptors (Lipinski definition) is 3. The van der Waals surface area contributed by atoms with Gasteiger partial charge in [-0.1, -0.05) is 13.0 Å². The van der Waals surface area contributed by atoms with E-state index < -0.39 is 0 Å². The van der Waals surface area contributed by atoms with E-state index in [4.69, 9.17) is 9.47 Å². The third-order valence-electron chi connectivity index (χ3n) is 2.58. The highest BCUT2D eigenvalue weighted by atomic mass is 16.5. The summed E-state index contributed by atoms with van der Waals surface area (Å²) in [6.45, 7) is 4.88. The van der Waals surface area contributed by atoms with E-state index in [1.54, 1.807) is 13.0 Å². The van der Waals surface area contributed by atoms with Crippen molar-refractivity contribution in [2.45, 2.75) is 20.3 Å². The highest BCUT2D eigenvalue weighted by molar-refractivity contribution is 5.97. The fourth-order valence-electron chi connectivity index (χ4n) is 1.78. The van der Waals surface area contributed by atoms with Crippen molar-refractivity contribution in [1.29, 1.82) is 0 Å². The molecule has 0 aliphatic heterocycles. The number of fused-ring (bicyclic) bond motifs is 1. The van der Waals surface area contributed by atoms with Crippen molar-refractivity contribution < 1.29 is 14.3 Å². The van der Waals surface area contributed by atoms with Gasteiger partial charge in [-0.05, 0) is 31.5 Å². The average molecular weight is 247 g/mol. The van der Waals surface area contributed by atoms with Crippen LogP contribution >= 0.6 is 0 Å². The lowest BCUT2D eigenvalue weighted by Crippen LogP contribution is -2.04. The summed E-state index contributed by atoms with van der Waals surface area (Å²) in [5.74, 6) is 0.455. The molecule has 0 spiro atoms. The molecule has 0 bridgehead atoms. The predicted octanol–water partition coefficient (Wildman–Crippen LogP) is 3.13. The number of carbonyl (C=O) groups excluding carboxylic acids is 1. The lowest BCUT2D eigenvalue weighted by Gasteiger charge is -2.04. The smallest absolute Gasteiger partial charge is 0.354 e. The molecule has 1 aromatic heterocycles. The first-order chi connectivity index (χ1) is 8.76. The van der Waals surface area contributed by atoms with Crippen molar-refractivity contribution in [2.75, 3.05) is 13.2 Å². The lowest BCUT2D eigenvalue weighted by molar-refractivity contribution is 0.0520. The molecule has 1 aromatic carbocycles. The topological polar surface area (TPSA) is 51.3 Å². The van der Waals surface area contributed by atoms with Crippen molar-refractivity contribution in [3.63, 3.8) is 0 Å². The Labute approximate surface area is 106 Å². The van der Waals surface area contributed by atoms with Crippen LogP contribution in [0.25, 0.3) is 10.9 Å². The summed E-state index contributed by atoms with van der Waals surface area (Å²) >= 11 is 0. The van der Waals surface area contributed by atoms with Crippen LogP contribution in [-0.4, -0.2) is 24.2 Å². The van der Waals surface area contributed by atoms with Gasteiger partial charge in [-0.25, -0.2) is 4.79 Å². The molecule has 1 N–H and O–H groups in total. The van der Waals surface area contributed by atoms with E-state index in [2.05, 4.69) is 11.9 Å². The van der Waals surface area contributed by atoms with Crippen molar-refractivity contribution in [3.05, 3.63) is 30.0 Å². The fraction of sp³-hybridized carbons (Fsp3) is 0.357. The largest absolute Gasteiger partial charge is 0.493 e. The molecule has 0 amide bonds. The molecule has 4 nitrogen and oxygen atoms in total. The van der Waals surface area contributed by atoms with Crippen LogP contribution in [0.15, 0.2) is 24.3 Å². The minimum Gasteiger partial charge on any atom is -0.493 e. The Morgan fingerprint density at radius 3 is 2.89 bits per heavy atom. The zero-order valence-electron chi connectivity index (χ0n) is 10.7. The molecule has 96 valence electrons. The molecule has 0 radical (unpaired) electrons. The second kappa shape index (κ2) is 5.58. The number of ether oxygens (including phenoxy) is 2. The summed E-state index contributed by atoms with van der Waals surface area (Å²) in [7, 11) is 0. The van der Waals surface area contributed by atoms with Crippen molar-refractivity contribution >= 4 is 16.9 Å². The van der Waals surface area contributed by atoms with Crippen LogP contribution in [0.1, 0.15) is 30.8 Å². The third-order valence-corrected chi connectivity index (χ3v) is 2.58. The summed E-state index contributed by atoms with van der Waals surface area (Å²) in [6, 6.07) is 7.49. The Morgan fingerprint density at radius 2 is 2.17 bits per heavy atom. The standard InChI is InChI=1S/C14H17NO3/c1-3-8-18-13-7-5-6-11-10(13)9-12(15-11)14(16)17-4-2/h5-7,9,15H,3-4,8H2,1-2H3. The van der Waals surface area contributed by atoms with E-state index in [0.29, 0.717) is 18.9 Å². The third kappa shape index (κ3) is 2.47. The normalized spacial score (nSPS) is 10.6. The van der Waals surface area contributed by atoms with E-state index >= 15 is 0 Å². The maximum Gasteiger partial charge on any atom is 0.354 e. The van der Waals surface area contributed by atoms with Crippen LogP contribution in [0, 0.1) is 0 Å². The van der Waals surface area contributed by atoms with Crippen LogP contribution in [0.5, 0.6) is 5.75 Å². The number of carbonyl (C=O) groups is 1. The zero-order valence-corrected chi connectivity index (χ0v) is 10.7. The molecular weight excluding hydrogens is 230 g/mol. The monoisotopic (exact) mass is 247 g/mol. The van der Waals surface area contributed by atoms with E-state index in [1.165, 1.54) is 0 Å². The van der Waals surface area contributed by atoms with Gasteiger partial charge in [0.05, 0.1) is 13.2 Å². The molecule has 18 heavy (non-hydrogen) atoms. The van der Waals surface area contributed by atoms with Gasteiger partial charge in [-0.2, -0.15) is 0 Å². The molecule has 0 saturated heterocycles. The minimum absolute atomic E-state index is 0.338. The van der Waals surface area contributed by atoms with Crippen molar-refractivity contribution in [1.82, 2.24) is 4.98 Å². The molecule has 0 saturated carbocycles. The van der Waals surface area contributed by atoms with E-state index in [0.717, 1.165) is 23.1 Å². The Hall–Kier alpha value is -1.97. The maximum absolute atomic E-state index is 11.6. The summed E-state index contributed by atoms with van der Waals surface area (Å²) in [6.07, 6.45) is 0.950. The SMILES string of the molecule is CCCOc1cccc2[nH]c(C(=O)OCC)cc12. The molecule has 0 atom stereocenters. The first-order valence-electron chi connectivity index (χ1n) is 6.18.